The van der Waals surface area contributed by atoms with E-state index in [4.69, 9.17) is 5.73 Å². The topological polar surface area (TPSA) is 46.2 Å². The summed E-state index contributed by atoms with van der Waals surface area (Å²) in [5.41, 5.74) is 9.92. The first-order valence-corrected chi connectivity index (χ1v) is 6.35. The molecule has 0 bridgehead atoms. The summed E-state index contributed by atoms with van der Waals surface area (Å²) < 4.78 is 13.6. The fraction of sp³-hybridized carbons (Fsp3) is 0.250. The quantitative estimate of drug-likeness (QED) is 0.887. The molecule has 0 saturated carbocycles. The first-order chi connectivity index (χ1) is 9.15. The fourth-order valence-corrected chi connectivity index (χ4v) is 2.19. The molecule has 0 atom stereocenters. The molecule has 0 heterocycles. The van der Waals surface area contributed by atoms with Gasteiger partial charge in [-0.05, 0) is 54.3 Å². The van der Waals surface area contributed by atoms with Crippen molar-refractivity contribution in [2.24, 2.45) is 5.73 Å². The van der Waals surface area contributed by atoms with Crippen LogP contribution in [0.4, 0.5) is 4.39 Å². The molecule has 100 valence electrons. The van der Waals surface area contributed by atoms with Crippen molar-refractivity contribution in [3.05, 3.63) is 58.9 Å². The highest BCUT2D eigenvalue weighted by atomic mass is 19.1. The van der Waals surface area contributed by atoms with Gasteiger partial charge in [0.25, 0.3) is 0 Å². The standard InChI is InChI=1S/C16H18FNO/c1-11-2-3-14(10-19)15(8-11)12-4-5-16(17)13(9-12)6-7-18/h2-5,8-9,19H,6-7,10,18H2,1H3. The molecule has 0 spiro atoms. The van der Waals surface area contributed by atoms with E-state index < -0.39 is 0 Å². The van der Waals surface area contributed by atoms with Gasteiger partial charge in [-0.1, -0.05) is 29.8 Å². The van der Waals surface area contributed by atoms with Crippen LogP contribution in [0.2, 0.25) is 0 Å². The van der Waals surface area contributed by atoms with Gasteiger partial charge in [0.2, 0.25) is 0 Å². The molecule has 0 aliphatic carbocycles. The Kier molecular flexibility index (Phi) is 4.30. The molecular weight excluding hydrogens is 241 g/mol. The van der Waals surface area contributed by atoms with Crippen LogP contribution in [0.15, 0.2) is 36.4 Å². The minimum Gasteiger partial charge on any atom is -0.392 e. The highest BCUT2D eigenvalue weighted by Crippen LogP contribution is 2.27. The number of aliphatic hydroxyl groups is 1. The maximum atomic E-state index is 13.6. The van der Waals surface area contributed by atoms with Crippen molar-refractivity contribution in [3.63, 3.8) is 0 Å². The van der Waals surface area contributed by atoms with Gasteiger partial charge in [0.1, 0.15) is 5.82 Å². The zero-order chi connectivity index (χ0) is 13.8. The highest BCUT2D eigenvalue weighted by Gasteiger charge is 2.08. The molecule has 19 heavy (non-hydrogen) atoms. The predicted octanol–water partition coefficient (Wildman–Crippen LogP) is 2.79. The lowest BCUT2D eigenvalue weighted by Gasteiger charge is -2.11. The third-order valence-electron chi connectivity index (χ3n) is 3.21. The van der Waals surface area contributed by atoms with E-state index in [0.717, 1.165) is 22.3 Å². The Balaban J connectivity index is 2.52. The Morgan fingerprint density at radius 3 is 2.58 bits per heavy atom. The lowest BCUT2D eigenvalue weighted by atomic mass is 9.96. The number of aryl methyl sites for hydroxylation is 1. The van der Waals surface area contributed by atoms with Gasteiger partial charge in [-0.2, -0.15) is 0 Å². The molecule has 0 fully saturated rings. The number of nitrogens with two attached hydrogens (primary N) is 1. The fourth-order valence-electron chi connectivity index (χ4n) is 2.19. The Bertz CT molecular complexity index is 581. The van der Waals surface area contributed by atoms with Crippen LogP contribution in [0.25, 0.3) is 11.1 Å². The summed E-state index contributed by atoms with van der Waals surface area (Å²) in [6, 6.07) is 10.9. The molecule has 2 rings (SSSR count). The largest absolute Gasteiger partial charge is 0.392 e. The number of benzene rings is 2. The second-order valence-electron chi connectivity index (χ2n) is 4.66. The van der Waals surface area contributed by atoms with E-state index in [1.807, 2.05) is 31.2 Å². The number of aliphatic hydroxyl groups excluding tert-OH is 1. The van der Waals surface area contributed by atoms with E-state index in [1.165, 1.54) is 6.07 Å². The van der Waals surface area contributed by atoms with Crippen molar-refractivity contribution < 1.29 is 9.50 Å². The van der Waals surface area contributed by atoms with Gasteiger partial charge in [-0.25, -0.2) is 4.39 Å². The summed E-state index contributed by atoms with van der Waals surface area (Å²) >= 11 is 0. The first kappa shape index (κ1) is 13.7. The van der Waals surface area contributed by atoms with Crippen LogP contribution < -0.4 is 5.73 Å². The SMILES string of the molecule is Cc1ccc(CO)c(-c2ccc(F)c(CCN)c2)c1. The Hall–Kier alpha value is -1.71. The average molecular weight is 259 g/mol. The molecule has 3 N–H and O–H groups in total. The second kappa shape index (κ2) is 5.95. The van der Waals surface area contributed by atoms with Crippen LogP contribution in [-0.4, -0.2) is 11.7 Å². The van der Waals surface area contributed by atoms with E-state index in [9.17, 15) is 9.50 Å². The van der Waals surface area contributed by atoms with Crippen molar-refractivity contribution in [3.8, 4) is 11.1 Å². The summed E-state index contributed by atoms with van der Waals surface area (Å²) in [4.78, 5) is 0. The maximum Gasteiger partial charge on any atom is 0.126 e. The monoisotopic (exact) mass is 259 g/mol. The number of hydrogen-bond acceptors (Lipinski definition) is 2. The van der Waals surface area contributed by atoms with Gasteiger partial charge in [-0.15, -0.1) is 0 Å². The molecule has 0 aliphatic heterocycles. The van der Waals surface area contributed by atoms with Crippen LogP contribution >= 0.6 is 0 Å². The smallest absolute Gasteiger partial charge is 0.126 e. The molecule has 0 amide bonds. The van der Waals surface area contributed by atoms with Crippen LogP contribution in [0, 0.1) is 12.7 Å². The molecule has 0 radical (unpaired) electrons. The normalized spacial score (nSPS) is 10.7. The third-order valence-corrected chi connectivity index (χ3v) is 3.21. The molecule has 0 unspecified atom stereocenters. The molecule has 3 heteroatoms. The molecule has 2 nitrogen and oxygen atoms in total. The third kappa shape index (κ3) is 3.00. The first-order valence-electron chi connectivity index (χ1n) is 6.35. The van der Waals surface area contributed by atoms with Crippen molar-refractivity contribution in [2.45, 2.75) is 20.0 Å². The minimum absolute atomic E-state index is 0.0286. The van der Waals surface area contributed by atoms with E-state index >= 15 is 0 Å². The summed E-state index contributed by atoms with van der Waals surface area (Å²) in [5, 5.41) is 9.40. The van der Waals surface area contributed by atoms with Crippen LogP contribution in [0.5, 0.6) is 0 Å². The van der Waals surface area contributed by atoms with Gasteiger partial charge < -0.3 is 10.8 Å². The second-order valence-corrected chi connectivity index (χ2v) is 4.66. The molecule has 0 aromatic heterocycles. The molecule has 0 aliphatic rings. The summed E-state index contributed by atoms with van der Waals surface area (Å²) in [6.07, 6.45) is 0.514. The van der Waals surface area contributed by atoms with Crippen LogP contribution in [0.3, 0.4) is 0 Å². The minimum atomic E-state index is -0.229. The van der Waals surface area contributed by atoms with Crippen molar-refractivity contribution in [1.29, 1.82) is 0 Å². The van der Waals surface area contributed by atoms with Gasteiger partial charge in [0.15, 0.2) is 0 Å². The molecular formula is C16H18FNO. The predicted molar refractivity (Wildman–Crippen MR) is 75.3 cm³/mol. The molecule has 2 aromatic rings. The molecule has 0 saturated heterocycles. The number of hydrogen-bond donors (Lipinski definition) is 2. The Morgan fingerprint density at radius 1 is 1.11 bits per heavy atom. The van der Waals surface area contributed by atoms with Gasteiger partial charge in [-0.3, -0.25) is 0 Å². The van der Waals surface area contributed by atoms with Gasteiger partial charge in [0, 0.05) is 0 Å². The van der Waals surface area contributed by atoms with Gasteiger partial charge >= 0.3 is 0 Å². The summed E-state index contributed by atoms with van der Waals surface area (Å²) in [6.45, 7) is 2.38. The average Bonchev–Trinajstić information content (AvgIpc) is 2.41. The van der Waals surface area contributed by atoms with Crippen LogP contribution in [0.1, 0.15) is 16.7 Å². The Labute approximate surface area is 112 Å². The lowest BCUT2D eigenvalue weighted by molar-refractivity contribution is 0.282. The van der Waals surface area contributed by atoms with E-state index in [-0.39, 0.29) is 12.4 Å². The van der Waals surface area contributed by atoms with E-state index in [1.54, 1.807) is 6.07 Å². The van der Waals surface area contributed by atoms with E-state index in [0.29, 0.717) is 18.5 Å². The van der Waals surface area contributed by atoms with Crippen molar-refractivity contribution >= 4 is 0 Å². The number of rotatable bonds is 4. The Morgan fingerprint density at radius 2 is 1.89 bits per heavy atom. The lowest BCUT2D eigenvalue weighted by Crippen LogP contribution is -2.04. The van der Waals surface area contributed by atoms with Crippen molar-refractivity contribution in [2.75, 3.05) is 6.54 Å². The maximum absolute atomic E-state index is 13.6. The zero-order valence-electron chi connectivity index (χ0n) is 11.0. The summed E-state index contributed by atoms with van der Waals surface area (Å²) in [7, 11) is 0. The highest BCUT2D eigenvalue weighted by molar-refractivity contribution is 5.68. The van der Waals surface area contributed by atoms with E-state index in [2.05, 4.69) is 0 Å². The zero-order valence-corrected chi connectivity index (χ0v) is 11.0. The number of halogens is 1. The van der Waals surface area contributed by atoms with Gasteiger partial charge in [0.05, 0.1) is 6.61 Å². The summed E-state index contributed by atoms with van der Waals surface area (Å²) in [5.74, 6) is -0.229. The molecule has 2 aromatic carbocycles. The van der Waals surface area contributed by atoms with Crippen LogP contribution in [-0.2, 0) is 13.0 Å². The van der Waals surface area contributed by atoms with Crippen molar-refractivity contribution in [1.82, 2.24) is 0 Å².